The first-order chi connectivity index (χ1) is 7.25. The van der Waals surface area contributed by atoms with Gasteiger partial charge in [0, 0.05) is 0 Å². The minimum Gasteiger partial charge on any atom is -0.480 e. The Morgan fingerprint density at radius 2 is 1.50 bits per heavy atom. The highest BCUT2D eigenvalue weighted by Gasteiger charge is 2.30. The Morgan fingerprint density at radius 1 is 1.12 bits per heavy atom. The number of carbonyl (C=O) groups excluding carboxylic acids is 2. The lowest BCUT2D eigenvalue weighted by Gasteiger charge is -2.28. The van der Waals surface area contributed by atoms with Crippen LogP contribution in [0.4, 0.5) is 0 Å². The van der Waals surface area contributed by atoms with Crippen molar-refractivity contribution >= 4 is 17.8 Å². The van der Waals surface area contributed by atoms with Gasteiger partial charge < -0.3 is 16.6 Å². The quantitative estimate of drug-likeness (QED) is 0.484. The van der Waals surface area contributed by atoms with Crippen LogP contribution in [0.3, 0.4) is 0 Å². The number of amides is 2. The lowest BCUT2D eigenvalue weighted by atomic mass is 10.0. The molecule has 7 heteroatoms. The molecule has 0 bridgehead atoms. The average molecular weight is 231 g/mol. The predicted octanol–water partition coefficient (Wildman–Crippen LogP) is -1.63. The summed E-state index contributed by atoms with van der Waals surface area (Å²) in [7, 11) is 0. The van der Waals surface area contributed by atoms with Crippen LogP contribution in [0.1, 0.15) is 13.8 Å². The van der Waals surface area contributed by atoms with Crippen LogP contribution in [0.25, 0.3) is 0 Å². The molecule has 0 aromatic carbocycles. The largest absolute Gasteiger partial charge is 0.480 e. The standard InChI is InChI=1S/C9H17N3O4/c1-5(2)8(9(15)16)12(3-6(10)13)4-7(11)14/h5,8H,3-4H2,1-2H3,(H2,10,13)(H2,11,14)(H,15,16). The van der Waals surface area contributed by atoms with Crippen molar-refractivity contribution in [1.82, 2.24) is 4.90 Å². The first-order valence-electron chi connectivity index (χ1n) is 4.79. The maximum absolute atomic E-state index is 11.0. The number of carboxylic acid groups (broad SMARTS) is 1. The van der Waals surface area contributed by atoms with E-state index in [4.69, 9.17) is 16.6 Å². The summed E-state index contributed by atoms with van der Waals surface area (Å²) in [6, 6.07) is -0.958. The molecule has 0 spiro atoms. The van der Waals surface area contributed by atoms with Crippen LogP contribution in [-0.4, -0.2) is 46.9 Å². The number of nitrogens with zero attached hydrogens (tertiary/aromatic N) is 1. The lowest BCUT2D eigenvalue weighted by Crippen LogP contribution is -2.51. The fraction of sp³-hybridized carbons (Fsp3) is 0.667. The van der Waals surface area contributed by atoms with Crippen LogP contribution < -0.4 is 11.5 Å². The van der Waals surface area contributed by atoms with Crippen LogP contribution in [-0.2, 0) is 14.4 Å². The molecule has 0 aliphatic rings. The highest BCUT2D eigenvalue weighted by molar-refractivity contribution is 5.82. The second kappa shape index (κ2) is 6.06. The van der Waals surface area contributed by atoms with Gasteiger partial charge in [0.25, 0.3) is 0 Å². The Kier molecular flexibility index (Phi) is 5.44. The van der Waals surface area contributed by atoms with Crippen LogP contribution in [0.2, 0.25) is 0 Å². The molecule has 1 unspecified atom stereocenters. The molecule has 16 heavy (non-hydrogen) atoms. The summed E-state index contributed by atoms with van der Waals surface area (Å²) in [6.07, 6.45) is 0. The van der Waals surface area contributed by atoms with Crippen LogP contribution in [0.15, 0.2) is 0 Å². The van der Waals surface area contributed by atoms with Crippen LogP contribution in [0, 0.1) is 5.92 Å². The van der Waals surface area contributed by atoms with E-state index in [-0.39, 0.29) is 19.0 Å². The first-order valence-corrected chi connectivity index (χ1v) is 4.79. The van der Waals surface area contributed by atoms with Crippen molar-refractivity contribution in [2.45, 2.75) is 19.9 Å². The van der Waals surface area contributed by atoms with Gasteiger partial charge >= 0.3 is 5.97 Å². The van der Waals surface area contributed by atoms with E-state index in [0.29, 0.717) is 0 Å². The molecule has 92 valence electrons. The maximum atomic E-state index is 11.0. The number of hydrogen-bond acceptors (Lipinski definition) is 4. The zero-order chi connectivity index (χ0) is 12.9. The molecule has 0 radical (unpaired) electrons. The van der Waals surface area contributed by atoms with E-state index < -0.39 is 23.8 Å². The molecule has 0 heterocycles. The molecule has 0 rings (SSSR count). The molecule has 0 aliphatic carbocycles. The molecule has 5 N–H and O–H groups in total. The number of nitrogens with two attached hydrogens (primary N) is 2. The van der Waals surface area contributed by atoms with Crippen molar-refractivity contribution in [3.8, 4) is 0 Å². The molecular weight excluding hydrogens is 214 g/mol. The fourth-order valence-electron chi connectivity index (χ4n) is 1.52. The maximum Gasteiger partial charge on any atom is 0.321 e. The van der Waals surface area contributed by atoms with Crippen molar-refractivity contribution in [2.75, 3.05) is 13.1 Å². The second-order valence-corrected chi connectivity index (χ2v) is 3.86. The van der Waals surface area contributed by atoms with Gasteiger partial charge in [0.1, 0.15) is 6.04 Å². The summed E-state index contributed by atoms with van der Waals surface area (Å²) in [4.78, 5) is 33.7. The molecule has 0 aliphatic heterocycles. The van der Waals surface area contributed by atoms with Crippen LogP contribution >= 0.6 is 0 Å². The number of aliphatic carboxylic acids is 1. The Balaban J connectivity index is 4.87. The highest BCUT2D eigenvalue weighted by atomic mass is 16.4. The normalized spacial score (nSPS) is 12.8. The van der Waals surface area contributed by atoms with Gasteiger partial charge in [-0.2, -0.15) is 0 Å². The zero-order valence-electron chi connectivity index (χ0n) is 9.34. The Hall–Kier alpha value is -1.63. The molecule has 0 saturated heterocycles. The number of primary amides is 2. The molecule has 0 fully saturated rings. The third kappa shape index (κ3) is 4.74. The van der Waals surface area contributed by atoms with Gasteiger partial charge in [0.2, 0.25) is 11.8 Å². The summed E-state index contributed by atoms with van der Waals surface area (Å²) >= 11 is 0. The summed E-state index contributed by atoms with van der Waals surface area (Å²) in [5, 5.41) is 8.99. The first kappa shape index (κ1) is 14.4. The zero-order valence-corrected chi connectivity index (χ0v) is 9.34. The SMILES string of the molecule is CC(C)C(C(=O)O)N(CC(N)=O)CC(N)=O. The van der Waals surface area contributed by atoms with Crippen molar-refractivity contribution in [3.63, 3.8) is 0 Å². The van der Waals surface area contributed by atoms with E-state index in [1.54, 1.807) is 13.8 Å². The third-order valence-electron chi connectivity index (χ3n) is 2.00. The van der Waals surface area contributed by atoms with Gasteiger partial charge in [-0.1, -0.05) is 13.8 Å². The molecule has 1 atom stereocenters. The topological polar surface area (TPSA) is 127 Å². The second-order valence-electron chi connectivity index (χ2n) is 3.86. The van der Waals surface area contributed by atoms with E-state index in [1.807, 2.05) is 0 Å². The highest BCUT2D eigenvalue weighted by Crippen LogP contribution is 2.10. The van der Waals surface area contributed by atoms with Crippen LogP contribution in [0.5, 0.6) is 0 Å². The molecule has 0 aromatic rings. The minimum absolute atomic E-state index is 0.267. The molecule has 2 amide bonds. The monoisotopic (exact) mass is 231 g/mol. The minimum atomic E-state index is -1.11. The Labute approximate surface area is 93.4 Å². The van der Waals surface area contributed by atoms with E-state index in [1.165, 1.54) is 0 Å². The summed E-state index contributed by atoms with van der Waals surface area (Å²) < 4.78 is 0. The smallest absolute Gasteiger partial charge is 0.321 e. The predicted molar refractivity (Wildman–Crippen MR) is 56.2 cm³/mol. The molecule has 0 aromatic heterocycles. The fourth-order valence-corrected chi connectivity index (χ4v) is 1.52. The Morgan fingerprint density at radius 3 is 1.69 bits per heavy atom. The number of hydrogen-bond donors (Lipinski definition) is 3. The van der Waals surface area contributed by atoms with E-state index in [2.05, 4.69) is 0 Å². The molecule has 7 nitrogen and oxygen atoms in total. The van der Waals surface area contributed by atoms with Gasteiger partial charge in [-0.15, -0.1) is 0 Å². The Bertz CT molecular complexity index is 274. The number of carboxylic acids is 1. The molecule has 0 saturated carbocycles. The van der Waals surface area contributed by atoms with Gasteiger partial charge in [-0.25, -0.2) is 0 Å². The number of rotatable bonds is 7. The summed E-state index contributed by atoms with van der Waals surface area (Å²) in [5.41, 5.74) is 9.96. The van der Waals surface area contributed by atoms with Gasteiger partial charge in [0.15, 0.2) is 0 Å². The van der Waals surface area contributed by atoms with Gasteiger partial charge in [0.05, 0.1) is 13.1 Å². The van der Waals surface area contributed by atoms with E-state index >= 15 is 0 Å². The lowest BCUT2D eigenvalue weighted by molar-refractivity contribution is -0.146. The van der Waals surface area contributed by atoms with Gasteiger partial charge in [-0.3, -0.25) is 19.3 Å². The third-order valence-corrected chi connectivity index (χ3v) is 2.00. The van der Waals surface area contributed by atoms with Crippen molar-refractivity contribution in [3.05, 3.63) is 0 Å². The van der Waals surface area contributed by atoms with Crippen molar-refractivity contribution in [2.24, 2.45) is 17.4 Å². The van der Waals surface area contributed by atoms with Gasteiger partial charge in [-0.05, 0) is 5.92 Å². The van der Waals surface area contributed by atoms with Crippen molar-refractivity contribution in [1.29, 1.82) is 0 Å². The average Bonchev–Trinajstić information content (AvgIpc) is 1.98. The summed E-state index contributed by atoms with van der Waals surface area (Å²) in [5.74, 6) is -2.78. The van der Waals surface area contributed by atoms with Crippen molar-refractivity contribution < 1.29 is 19.5 Å². The van der Waals surface area contributed by atoms with E-state index in [0.717, 1.165) is 4.90 Å². The number of carbonyl (C=O) groups is 3. The van der Waals surface area contributed by atoms with E-state index in [9.17, 15) is 14.4 Å². The summed E-state index contributed by atoms with van der Waals surface area (Å²) in [6.45, 7) is 2.73. The molecular formula is C9H17N3O4.